The molecule has 2 N–H and O–H groups in total. The molecule has 0 aliphatic heterocycles. The Labute approximate surface area is 107 Å². The monoisotopic (exact) mass is 246 g/mol. The molecule has 1 rings (SSSR count). The second-order valence-corrected chi connectivity index (χ2v) is 4.40. The lowest BCUT2D eigenvalue weighted by Crippen LogP contribution is -2.29. The molecular weight excluding hydrogens is 228 g/mol. The SMILES string of the molecule is CC(CO)CNC(=O)CCc1ccc(C#N)cc1. The Hall–Kier alpha value is -1.86. The van der Waals surface area contributed by atoms with Crippen LogP contribution in [0.1, 0.15) is 24.5 Å². The average molecular weight is 246 g/mol. The van der Waals surface area contributed by atoms with Crippen LogP contribution in [0.4, 0.5) is 0 Å². The molecule has 4 heteroatoms. The van der Waals surface area contributed by atoms with Gasteiger partial charge in [0.25, 0.3) is 0 Å². The number of carbonyl (C=O) groups is 1. The molecule has 0 saturated carbocycles. The summed E-state index contributed by atoms with van der Waals surface area (Å²) in [6.07, 6.45) is 1.08. The van der Waals surface area contributed by atoms with Gasteiger partial charge in [0.1, 0.15) is 0 Å². The predicted octanol–water partition coefficient (Wildman–Crippen LogP) is 1.24. The Kier molecular flexibility index (Phi) is 5.89. The molecule has 0 spiro atoms. The van der Waals surface area contributed by atoms with Crippen molar-refractivity contribution in [2.24, 2.45) is 5.92 Å². The minimum Gasteiger partial charge on any atom is -0.396 e. The van der Waals surface area contributed by atoms with Crippen LogP contribution in [0.5, 0.6) is 0 Å². The molecular formula is C14H18N2O2. The number of amides is 1. The Morgan fingerprint density at radius 2 is 2.11 bits per heavy atom. The van der Waals surface area contributed by atoms with Gasteiger partial charge in [-0.15, -0.1) is 0 Å². The standard InChI is InChI=1S/C14H18N2O2/c1-11(10-17)9-16-14(18)7-6-12-2-4-13(8-15)5-3-12/h2-5,11,17H,6-7,9-10H2,1H3,(H,16,18). The number of nitrogens with one attached hydrogen (secondary N) is 1. The highest BCUT2D eigenvalue weighted by atomic mass is 16.3. The summed E-state index contributed by atoms with van der Waals surface area (Å²) in [7, 11) is 0. The Balaban J connectivity index is 2.31. The van der Waals surface area contributed by atoms with Gasteiger partial charge in [0.2, 0.25) is 5.91 Å². The van der Waals surface area contributed by atoms with Crippen LogP contribution in [0.15, 0.2) is 24.3 Å². The maximum absolute atomic E-state index is 11.5. The van der Waals surface area contributed by atoms with Gasteiger partial charge in [-0.05, 0) is 30.0 Å². The fourth-order valence-electron chi connectivity index (χ4n) is 1.44. The summed E-state index contributed by atoms with van der Waals surface area (Å²) in [5.74, 6) is 0.0727. The maximum atomic E-state index is 11.5. The largest absolute Gasteiger partial charge is 0.396 e. The Morgan fingerprint density at radius 1 is 1.44 bits per heavy atom. The van der Waals surface area contributed by atoms with Crippen molar-refractivity contribution in [3.8, 4) is 6.07 Å². The minimum absolute atomic E-state index is 0.0142. The third-order valence-electron chi connectivity index (χ3n) is 2.68. The van der Waals surface area contributed by atoms with Crippen molar-refractivity contribution < 1.29 is 9.90 Å². The van der Waals surface area contributed by atoms with Gasteiger partial charge in [0, 0.05) is 19.6 Å². The fourth-order valence-corrected chi connectivity index (χ4v) is 1.44. The first kappa shape index (κ1) is 14.2. The van der Waals surface area contributed by atoms with Crippen LogP contribution < -0.4 is 5.32 Å². The van der Waals surface area contributed by atoms with Crippen LogP contribution in [-0.4, -0.2) is 24.2 Å². The quantitative estimate of drug-likeness (QED) is 0.793. The van der Waals surface area contributed by atoms with E-state index in [9.17, 15) is 4.79 Å². The van der Waals surface area contributed by atoms with Gasteiger partial charge < -0.3 is 10.4 Å². The van der Waals surface area contributed by atoms with Crippen molar-refractivity contribution in [1.82, 2.24) is 5.32 Å². The number of aryl methyl sites for hydroxylation is 1. The fraction of sp³-hybridized carbons (Fsp3) is 0.429. The molecule has 0 fully saturated rings. The summed E-state index contributed by atoms with van der Waals surface area (Å²) in [5.41, 5.74) is 1.67. The van der Waals surface area contributed by atoms with Gasteiger partial charge in [-0.25, -0.2) is 0 Å². The highest BCUT2D eigenvalue weighted by molar-refractivity contribution is 5.76. The highest BCUT2D eigenvalue weighted by Gasteiger charge is 2.05. The smallest absolute Gasteiger partial charge is 0.220 e. The zero-order valence-electron chi connectivity index (χ0n) is 10.5. The lowest BCUT2D eigenvalue weighted by Gasteiger charge is -2.09. The summed E-state index contributed by atoms with van der Waals surface area (Å²) in [5, 5.41) is 20.3. The molecule has 0 saturated heterocycles. The summed E-state index contributed by atoms with van der Waals surface area (Å²) >= 11 is 0. The second-order valence-electron chi connectivity index (χ2n) is 4.40. The summed E-state index contributed by atoms with van der Waals surface area (Å²) in [6.45, 7) is 2.46. The van der Waals surface area contributed by atoms with Crippen molar-refractivity contribution in [2.45, 2.75) is 19.8 Å². The zero-order valence-corrected chi connectivity index (χ0v) is 10.5. The van der Waals surface area contributed by atoms with Crippen LogP contribution in [-0.2, 0) is 11.2 Å². The number of nitrogens with zero attached hydrogens (tertiary/aromatic N) is 1. The molecule has 0 radical (unpaired) electrons. The first-order valence-electron chi connectivity index (χ1n) is 6.02. The molecule has 4 nitrogen and oxygen atoms in total. The number of carbonyl (C=O) groups excluding carboxylic acids is 1. The van der Waals surface area contributed by atoms with Crippen LogP contribution in [0.2, 0.25) is 0 Å². The number of hydrogen-bond acceptors (Lipinski definition) is 3. The first-order chi connectivity index (χ1) is 8.65. The molecule has 0 bridgehead atoms. The van der Waals surface area contributed by atoms with E-state index < -0.39 is 0 Å². The highest BCUT2D eigenvalue weighted by Crippen LogP contribution is 2.05. The van der Waals surface area contributed by atoms with Gasteiger partial charge in [-0.3, -0.25) is 4.79 Å². The first-order valence-corrected chi connectivity index (χ1v) is 6.02. The number of hydrogen-bond donors (Lipinski definition) is 2. The van der Waals surface area contributed by atoms with E-state index in [1.54, 1.807) is 12.1 Å². The molecule has 0 aromatic heterocycles. The summed E-state index contributed by atoms with van der Waals surface area (Å²) in [4.78, 5) is 11.5. The average Bonchev–Trinajstić information content (AvgIpc) is 2.42. The van der Waals surface area contributed by atoms with E-state index >= 15 is 0 Å². The summed E-state index contributed by atoms with van der Waals surface area (Å²) in [6, 6.07) is 9.28. The van der Waals surface area contributed by atoms with E-state index in [-0.39, 0.29) is 18.4 Å². The number of rotatable bonds is 6. The molecule has 1 atom stereocenters. The molecule has 96 valence electrons. The lowest BCUT2D eigenvalue weighted by molar-refractivity contribution is -0.121. The van der Waals surface area contributed by atoms with E-state index in [1.807, 2.05) is 19.1 Å². The van der Waals surface area contributed by atoms with E-state index in [1.165, 1.54) is 0 Å². The second kappa shape index (κ2) is 7.46. The van der Waals surface area contributed by atoms with Crippen molar-refractivity contribution in [3.63, 3.8) is 0 Å². The topological polar surface area (TPSA) is 73.1 Å². The normalized spacial score (nSPS) is 11.6. The van der Waals surface area contributed by atoms with Gasteiger partial charge >= 0.3 is 0 Å². The van der Waals surface area contributed by atoms with Crippen molar-refractivity contribution in [2.75, 3.05) is 13.2 Å². The Morgan fingerprint density at radius 3 is 2.67 bits per heavy atom. The van der Waals surface area contributed by atoms with Gasteiger partial charge in [0.05, 0.1) is 11.6 Å². The number of aliphatic hydroxyl groups excluding tert-OH is 1. The van der Waals surface area contributed by atoms with Crippen molar-refractivity contribution in [3.05, 3.63) is 35.4 Å². The van der Waals surface area contributed by atoms with Crippen molar-refractivity contribution >= 4 is 5.91 Å². The lowest BCUT2D eigenvalue weighted by atomic mass is 10.1. The van der Waals surface area contributed by atoms with Gasteiger partial charge in [0.15, 0.2) is 0 Å². The van der Waals surface area contributed by atoms with Gasteiger partial charge in [-0.1, -0.05) is 19.1 Å². The van der Waals surface area contributed by atoms with Crippen LogP contribution >= 0.6 is 0 Å². The summed E-state index contributed by atoms with van der Waals surface area (Å²) < 4.78 is 0. The van der Waals surface area contributed by atoms with Gasteiger partial charge in [-0.2, -0.15) is 5.26 Å². The third kappa shape index (κ3) is 4.98. The van der Waals surface area contributed by atoms with Crippen LogP contribution in [0.3, 0.4) is 0 Å². The molecule has 1 aromatic rings. The third-order valence-corrected chi connectivity index (χ3v) is 2.68. The predicted molar refractivity (Wildman–Crippen MR) is 68.7 cm³/mol. The molecule has 18 heavy (non-hydrogen) atoms. The van der Waals surface area contributed by atoms with E-state index in [2.05, 4.69) is 11.4 Å². The minimum atomic E-state index is -0.0142. The van der Waals surface area contributed by atoms with E-state index in [0.717, 1.165) is 5.56 Å². The molecule has 0 aliphatic carbocycles. The molecule has 1 aromatic carbocycles. The molecule has 1 amide bonds. The van der Waals surface area contributed by atoms with E-state index in [0.29, 0.717) is 24.9 Å². The molecule has 0 heterocycles. The number of benzene rings is 1. The molecule has 0 aliphatic rings. The number of aliphatic hydroxyl groups is 1. The van der Waals surface area contributed by atoms with Crippen LogP contribution in [0.25, 0.3) is 0 Å². The Bertz CT molecular complexity index is 420. The number of nitriles is 1. The maximum Gasteiger partial charge on any atom is 0.220 e. The molecule has 1 unspecified atom stereocenters. The van der Waals surface area contributed by atoms with E-state index in [4.69, 9.17) is 10.4 Å². The van der Waals surface area contributed by atoms with Crippen LogP contribution in [0, 0.1) is 17.2 Å². The van der Waals surface area contributed by atoms with Crippen molar-refractivity contribution in [1.29, 1.82) is 5.26 Å². The zero-order chi connectivity index (χ0) is 13.4.